The molecule has 17 heavy (non-hydrogen) atoms. The van der Waals surface area contributed by atoms with Gasteiger partial charge in [0.25, 0.3) is 5.69 Å². The fourth-order valence-corrected chi connectivity index (χ4v) is 1.94. The summed E-state index contributed by atoms with van der Waals surface area (Å²) in [5, 5.41) is 20.5. The second-order valence-corrected chi connectivity index (χ2v) is 4.09. The fraction of sp³-hybridized carbons (Fsp3) is 0.250. The van der Waals surface area contributed by atoms with Crippen molar-refractivity contribution in [1.29, 1.82) is 5.26 Å². The van der Waals surface area contributed by atoms with E-state index in [9.17, 15) is 10.1 Å². The van der Waals surface area contributed by atoms with Gasteiger partial charge in [-0.1, -0.05) is 6.07 Å². The van der Waals surface area contributed by atoms with E-state index in [0.29, 0.717) is 16.5 Å². The predicted molar refractivity (Wildman–Crippen MR) is 63.7 cm³/mol. The molecule has 0 unspecified atom stereocenters. The lowest BCUT2D eigenvalue weighted by atomic mass is 10.1. The number of hydrogen-bond acceptors (Lipinski definition) is 3. The normalized spacial score (nSPS) is 10.7. The van der Waals surface area contributed by atoms with E-state index < -0.39 is 4.92 Å². The van der Waals surface area contributed by atoms with Gasteiger partial charge in [0.05, 0.1) is 27.6 Å². The van der Waals surface area contributed by atoms with E-state index >= 15 is 0 Å². The van der Waals surface area contributed by atoms with Crippen LogP contribution in [-0.2, 0) is 0 Å². The van der Waals surface area contributed by atoms with Gasteiger partial charge in [-0.3, -0.25) is 10.1 Å². The molecule has 0 bridgehead atoms. The molecule has 0 fully saturated rings. The Morgan fingerprint density at radius 1 is 1.47 bits per heavy atom. The molecular formula is C12H11N3O2. The predicted octanol–water partition coefficient (Wildman–Crippen LogP) is 3.00. The van der Waals surface area contributed by atoms with Crippen LogP contribution < -0.4 is 0 Å². The molecule has 0 radical (unpaired) electrons. The second-order valence-electron chi connectivity index (χ2n) is 4.09. The third kappa shape index (κ3) is 1.64. The minimum absolute atomic E-state index is 0.0470. The van der Waals surface area contributed by atoms with Gasteiger partial charge in [0, 0.05) is 6.04 Å². The van der Waals surface area contributed by atoms with Gasteiger partial charge in [-0.05, 0) is 26.0 Å². The third-order valence-corrected chi connectivity index (χ3v) is 2.71. The molecule has 1 aromatic carbocycles. The SMILES string of the molecule is CC(C)n1cc([N+](=O)[O-])c2cccc(C#N)c21. The first-order valence-electron chi connectivity index (χ1n) is 5.24. The van der Waals surface area contributed by atoms with E-state index in [-0.39, 0.29) is 11.7 Å². The number of aromatic nitrogens is 1. The van der Waals surface area contributed by atoms with Crippen LogP contribution in [0.3, 0.4) is 0 Å². The zero-order chi connectivity index (χ0) is 12.6. The number of nitriles is 1. The Morgan fingerprint density at radius 3 is 2.71 bits per heavy atom. The topological polar surface area (TPSA) is 71.9 Å². The highest BCUT2D eigenvalue weighted by Crippen LogP contribution is 2.32. The van der Waals surface area contributed by atoms with E-state index in [0.717, 1.165) is 0 Å². The molecule has 0 aliphatic carbocycles. The second kappa shape index (κ2) is 3.91. The highest BCUT2D eigenvalue weighted by Gasteiger charge is 2.20. The quantitative estimate of drug-likeness (QED) is 0.587. The number of fused-ring (bicyclic) bond motifs is 1. The molecule has 1 aromatic heterocycles. The molecule has 0 saturated heterocycles. The van der Waals surface area contributed by atoms with E-state index in [1.165, 1.54) is 6.20 Å². The van der Waals surface area contributed by atoms with E-state index in [4.69, 9.17) is 5.26 Å². The highest BCUT2D eigenvalue weighted by atomic mass is 16.6. The van der Waals surface area contributed by atoms with Crippen molar-refractivity contribution in [2.24, 2.45) is 0 Å². The summed E-state index contributed by atoms with van der Waals surface area (Å²) in [6, 6.07) is 7.15. The summed E-state index contributed by atoms with van der Waals surface area (Å²) < 4.78 is 1.77. The van der Waals surface area contributed by atoms with Gasteiger partial charge >= 0.3 is 0 Å². The Balaban J connectivity index is 2.92. The summed E-state index contributed by atoms with van der Waals surface area (Å²) in [4.78, 5) is 10.5. The van der Waals surface area contributed by atoms with Crippen molar-refractivity contribution in [1.82, 2.24) is 4.57 Å². The Morgan fingerprint density at radius 2 is 2.18 bits per heavy atom. The molecule has 1 heterocycles. The summed E-state index contributed by atoms with van der Waals surface area (Å²) >= 11 is 0. The number of benzene rings is 1. The average Bonchev–Trinajstić information content (AvgIpc) is 2.68. The first kappa shape index (κ1) is 11.1. The summed E-state index contributed by atoms with van der Waals surface area (Å²) in [6.45, 7) is 3.86. The molecule has 0 N–H and O–H groups in total. The minimum atomic E-state index is -0.414. The van der Waals surface area contributed by atoms with Gasteiger partial charge in [0.2, 0.25) is 0 Å². The smallest absolute Gasteiger partial charge is 0.294 e. The van der Waals surface area contributed by atoms with Crippen molar-refractivity contribution in [2.45, 2.75) is 19.9 Å². The number of hydrogen-bond donors (Lipinski definition) is 0. The molecule has 0 saturated carbocycles. The Hall–Kier alpha value is -2.35. The summed E-state index contributed by atoms with van der Waals surface area (Å²) in [5.74, 6) is 0. The van der Waals surface area contributed by atoms with Crippen molar-refractivity contribution in [3.05, 3.63) is 40.1 Å². The standard InChI is InChI=1S/C12H11N3O2/c1-8(2)14-7-11(15(16)17)10-5-3-4-9(6-13)12(10)14/h3-5,7-8H,1-2H3. The lowest BCUT2D eigenvalue weighted by molar-refractivity contribution is -0.383. The Labute approximate surface area is 98.0 Å². The van der Waals surface area contributed by atoms with Crippen LogP contribution in [0.5, 0.6) is 0 Å². The molecule has 0 aliphatic rings. The summed E-state index contributed by atoms with van der Waals surface area (Å²) in [5.41, 5.74) is 1.15. The zero-order valence-corrected chi connectivity index (χ0v) is 9.54. The molecule has 2 aromatic rings. The Kier molecular flexibility index (Phi) is 2.56. The maximum absolute atomic E-state index is 11.0. The van der Waals surface area contributed by atoms with Crippen LogP contribution >= 0.6 is 0 Å². The number of rotatable bonds is 2. The average molecular weight is 229 g/mol. The maximum Gasteiger partial charge on any atom is 0.294 e. The van der Waals surface area contributed by atoms with Crippen molar-refractivity contribution < 1.29 is 4.92 Å². The molecule has 2 rings (SSSR count). The molecule has 0 aliphatic heterocycles. The Bertz CT molecular complexity index is 635. The molecule has 86 valence electrons. The van der Waals surface area contributed by atoms with E-state index in [2.05, 4.69) is 6.07 Å². The lowest BCUT2D eigenvalue weighted by Crippen LogP contribution is -1.99. The first-order valence-corrected chi connectivity index (χ1v) is 5.24. The summed E-state index contributed by atoms with van der Waals surface area (Å²) in [7, 11) is 0. The maximum atomic E-state index is 11.0. The third-order valence-electron chi connectivity index (χ3n) is 2.71. The van der Waals surface area contributed by atoms with Gasteiger partial charge < -0.3 is 4.57 Å². The number of para-hydroxylation sites is 1. The zero-order valence-electron chi connectivity index (χ0n) is 9.54. The molecule has 0 spiro atoms. The van der Waals surface area contributed by atoms with Crippen molar-refractivity contribution >= 4 is 16.6 Å². The van der Waals surface area contributed by atoms with Crippen LogP contribution in [0.15, 0.2) is 24.4 Å². The van der Waals surface area contributed by atoms with Gasteiger partial charge in [0.15, 0.2) is 0 Å². The monoisotopic (exact) mass is 229 g/mol. The largest absolute Gasteiger partial charge is 0.338 e. The van der Waals surface area contributed by atoms with Gasteiger partial charge in [-0.2, -0.15) is 5.26 Å². The van der Waals surface area contributed by atoms with Crippen molar-refractivity contribution in [3.8, 4) is 6.07 Å². The van der Waals surface area contributed by atoms with Crippen LogP contribution in [-0.4, -0.2) is 9.49 Å². The van der Waals surface area contributed by atoms with Crippen LogP contribution in [0.25, 0.3) is 10.9 Å². The number of nitrogens with zero attached hydrogens (tertiary/aromatic N) is 3. The van der Waals surface area contributed by atoms with E-state index in [1.54, 1.807) is 22.8 Å². The molecule has 5 nitrogen and oxygen atoms in total. The number of nitro groups is 1. The van der Waals surface area contributed by atoms with Crippen LogP contribution in [0, 0.1) is 21.4 Å². The molecule has 5 heteroatoms. The van der Waals surface area contributed by atoms with Crippen molar-refractivity contribution in [2.75, 3.05) is 0 Å². The van der Waals surface area contributed by atoms with E-state index in [1.807, 2.05) is 13.8 Å². The summed E-state index contributed by atoms with van der Waals surface area (Å²) in [6.07, 6.45) is 1.50. The molecular weight excluding hydrogens is 218 g/mol. The fourth-order valence-electron chi connectivity index (χ4n) is 1.94. The van der Waals surface area contributed by atoms with Gasteiger partial charge in [-0.25, -0.2) is 0 Å². The van der Waals surface area contributed by atoms with Gasteiger partial charge in [0.1, 0.15) is 6.07 Å². The van der Waals surface area contributed by atoms with Gasteiger partial charge in [-0.15, -0.1) is 0 Å². The molecule has 0 atom stereocenters. The van der Waals surface area contributed by atoms with Crippen LogP contribution in [0.2, 0.25) is 0 Å². The lowest BCUT2D eigenvalue weighted by Gasteiger charge is -2.08. The van der Waals surface area contributed by atoms with Crippen LogP contribution in [0.1, 0.15) is 25.5 Å². The van der Waals surface area contributed by atoms with Crippen molar-refractivity contribution in [3.63, 3.8) is 0 Å². The van der Waals surface area contributed by atoms with Crippen LogP contribution in [0.4, 0.5) is 5.69 Å². The first-order chi connectivity index (χ1) is 8.06. The minimum Gasteiger partial charge on any atom is -0.338 e. The molecule has 0 amide bonds. The highest BCUT2D eigenvalue weighted by molar-refractivity contribution is 5.93.